The minimum absolute atomic E-state index is 0.137. The van der Waals surface area contributed by atoms with E-state index in [9.17, 15) is 4.79 Å². The van der Waals surface area contributed by atoms with Gasteiger partial charge in [0.25, 0.3) is 5.91 Å². The monoisotopic (exact) mass is 351 g/mol. The van der Waals surface area contributed by atoms with Crippen LogP contribution in [0.4, 0.5) is 11.5 Å². The van der Waals surface area contributed by atoms with E-state index < -0.39 is 0 Å². The number of rotatable bonds is 5. The second-order valence-corrected chi connectivity index (χ2v) is 6.12. The van der Waals surface area contributed by atoms with Crippen LogP contribution in [-0.2, 0) is 6.54 Å². The number of carbonyl (C=O) groups excluding carboxylic acids is 1. The molecule has 0 unspecified atom stereocenters. The summed E-state index contributed by atoms with van der Waals surface area (Å²) in [7, 11) is 0. The van der Waals surface area contributed by atoms with Gasteiger partial charge in [-0.2, -0.15) is 0 Å². The SMILES string of the molecule is Cc1cc(Cl)ccc1Nc1cc(C(=O)NCc2ccccc2)ccn1. The Labute approximate surface area is 151 Å². The Balaban J connectivity index is 1.69. The Hall–Kier alpha value is -2.85. The zero-order valence-corrected chi connectivity index (χ0v) is 14.5. The Morgan fingerprint density at radius 3 is 2.64 bits per heavy atom. The number of benzene rings is 2. The number of aromatic nitrogens is 1. The van der Waals surface area contributed by atoms with Crippen molar-refractivity contribution in [3.05, 3.63) is 88.6 Å². The maximum atomic E-state index is 12.4. The lowest BCUT2D eigenvalue weighted by molar-refractivity contribution is 0.0951. The molecular formula is C20H18ClN3O. The van der Waals surface area contributed by atoms with Gasteiger partial charge in [-0.15, -0.1) is 0 Å². The molecule has 1 aromatic heterocycles. The molecule has 0 spiro atoms. The molecule has 3 rings (SSSR count). The average molecular weight is 352 g/mol. The smallest absolute Gasteiger partial charge is 0.251 e. The van der Waals surface area contributed by atoms with Crippen molar-refractivity contribution in [1.29, 1.82) is 0 Å². The van der Waals surface area contributed by atoms with Crippen LogP contribution in [0.5, 0.6) is 0 Å². The molecule has 0 fully saturated rings. The maximum absolute atomic E-state index is 12.4. The minimum atomic E-state index is -0.137. The van der Waals surface area contributed by atoms with E-state index in [-0.39, 0.29) is 5.91 Å². The Morgan fingerprint density at radius 2 is 1.88 bits per heavy atom. The van der Waals surface area contributed by atoms with Gasteiger partial charge in [0.1, 0.15) is 5.82 Å². The predicted molar refractivity (Wildman–Crippen MR) is 101 cm³/mol. The fraction of sp³-hybridized carbons (Fsp3) is 0.100. The summed E-state index contributed by atoms with van der Waals surface area (Å²) >= 11 is 5.98. The van der Waals surface area contributed by atoms with E-state index >= 15 is 0 Å². The lowest BCUT2D eigenvalue weighted by Crippen LogP contribution is -2.22. The van der Waals surface area contributed by atoms with Crippen LogP contribution in [0.15, 0.2) is 66.9 Å². The van der Waals surface area contributed by atoms with Crippen molar-refractivity contribution in [2.75, 3.05) is 5.32 Å². The van der Waals surface area contributed by atoms with Gasteiger partial charge in [0, 0.05) is 29.0 Å². The first-order valence-electron chi connectivity index (χ1n) is 7.93. The summed E-state index contributed by atoms with van der Waals surface area (Å²) in [4.78, 5) is 16.6. The van der Waals surface area contributed by atoms with Gasteiger partial charge >= 0.3 is 0 Å². The van der Waals surface area contributed by atoms with Crippen LogP contribution < -0.4 is 10.6 Å². The van der Waals surface area contributed by atoms with Crippen LogP contribution >= 0.6 is 11.6 Å². The summed E-state index contributed by atoms with van der Waals surface area (Å²) in [6.45, 7) is 2.45. The first-order chi connectivity index (χ1) is 12.1. The lowest BCUT2D eigenvalue weighted by Gasteiger charge is -2.10. The Bertz CT molecular complexity index is 881. The number of anilines is 2. The third-order valence-corrected chi connectivity index (χ3v) is 4.00. The number of pyridine rings is 1. The third kappa shape index (κ3) is 4.58. The molecule has 0 atom stereocenters. The number of hydrogen-bond acceptors (Lipinski definition) is 3. The highest BCUT2D eigenvalue weighted by Gasteiger charge is 2.08. The fourth-order valence-electron chi connectivity index (χ4n) is 2.43. The molecule has 1 amide bonds. The quantitative estimate of drug-likeness (QED) is 0.699. The van der Waals surface area contributed by atoms with Gasteiger partial charge < -0.3 is 10.6 Å². The number of nitrogens with one attached hydrogen (secondary N) is 2. The van der Waals surface area contributed by atoms with Crippen LogP contribution in [0.25, 0.3) is 0 Å². The largest absolute Gasteiger partial charge is 0.348 e. The van der Waals surface area contributed by atoms with Crippen molar-refractivity contribution in [3.8, 4) is 0 Å². The van der Waals surface area contributed by atoms with Crippen LogP contribution in [0.1, 0.15) is 21.5 Å². The third-order valence-electron chi connectivity index (χ3n) is 3.77. The molecule has 25 heavy (non-hydrogen) atoms. The van der Waals surface area contributed by atoms with Crippen molar-refractivity contribution < 1.29 is 4.79 Å². The van der Waals surface area contributed by atoms with E-state index in [1.54, 1.807) is 18.3 Å². The Kier molecular flexibility index (Phi) is 5.31. The van der Waals surface area contributed by atoms with E-state index in [0.717, 1.165) is 16.8 Å². The number of halogens is 1. The van der Waals surface area contributed by atoms with E-state index in [1.807, 2.05) is 55.5 Å². The van der Waals surface area contributed by atoms with Crippen LogP contribution in [0.2, 0.25) is 5.02 Å². The molecule has 0 aliphatic rings. The molecule has 0 bridgehead atoms. The first kappa shape index (κ1) is 17.0. The summed E-state index contributed by atoms with van der Waals surface area (Å²) in [5, 5.41) is 6.82. The van der Waals surface area contributed by atoms with Gasteiger partial charge in [-0.25, -0.2) is 4.98 Å². The zero-order chi connectivity index (χ0) is 17.6. The summed E-state index contributed by atoms with van der Waals surface area (Å²) in [6, 6.07) is 18.8. The number of nitrogens with zero attached hydrogens (tertiary/aromatic N) is 1. The van der Waals surface area contributed by atoms with E-state index in [2.05, 4.69) is 15.6 Å². The van der Waals surface area contributed by atoms with Gasteiger partial charge in [0.2, 0.25) is 0 Å². The maximum Gasteiger partial charge on any atom is 0.251 e. The van der Waals surface area contributed by atoms with Crippen molar-refractivity contribution in [1.82, 2.24) is 10.3 Å². The van der Waals surface area contributed by atoms with E-state index in [4.69, 9.17) is 11.6 Å². The molecule has 126 valence electrons. The summed E-state index contributed by atoms with van der Waals surface area (Å²) in [6.07, 6.45) is 1.62. The number of hydrogen-bond donors (Lipinski definition) is 2. The van der Waals surface area contributed by atoms with Crippen molar-refractivity contribution in [2.45, 2.75) is 13.5 Å². The summed E-state index contributed by atoms with van der Waals surface area (Å²) in [5.41, 5.74) is 3.52. The van der Waals surface area contributed by atoms with Crippen molar-refractivity contribution in [3.63, 3.8) is 0 Å². The zero-order valence-electron chi connectivity index (χ0n) is 13.8. The molecule has 0 radical (unpaired) electrons. The average Bonchev–Trinajstić information content (AvgIpc) is 2.63. The molecule has 5 heteroatoms. The van der Waals surface area contributed by atoms with Gasteiger partial charge in [-0.3, -0.25) is 4.79 Å². The van der Waals surface area contributed by atoms with Crippen LogP contribution in [0.3, 0.4) is 0 Å². The first-order valence-corrected chi connectivity index (χ1v) is 8.31. The number of aryl methyl sites for hydroxylation is 1. The standard InChI is InChI=1S/C20H18ClN3O/c1-14-11-17(21)7-8-18(14)24-19-12-16(9-10-22-19)20(25)23-13-15-5-3-2-4-6-15/h2-12H,13H2,1H3,(H,22,24)(H,23,25). The minimum Gasteiger partial charge on any atom is -0.348 e. The second kappa shape index (κ2) is 7.81. The van der Waals surface area contributed by atoms with Gasteiger partial charge in [-0.05, 0) is 48.4 Å². The number of amides is 1. The van der Waals surface area contributed by atoms with Gasteiger partial charge in [0.15, 0.2) is 0 Å². The molecule has 2 aromatic carbocycles. The van der Waals surface area contributed by atoms with Crippen LogP contribution in [-0.4, -0.2) is 10.9 Å². The fourth-order valence-corrected chi connectivity index (χ4v) is 2.65. The molecule has 1 heterocycles. The second-order valence-electron chi connectivity index (χ2n) is 5.68. The molecular weight excluding hydrogens is 334 g/mol. The van der Waals surface area contributed by atoms with Crippen molar-refractivity contribution in [2.24, 2.45) is 0 Å². The number of carbonyl (C=O) groups is 1. The molecule has 3 aromatic rings. The highest BCUT2D eigenvalue weighted by Crippen LogP contribution is 2.23. The summed E-state index contributed by atoms with van der Waals surface area (Å²) < 4.78 is 0. The molecule has 0 aliphatic heterocycles. The molecule has 0 saturated heterocycles. The van der Waals surface area contributed by atoms with E-state index in [0.29, 0.717) is 22.9 Å². The predicted octanol–water partition coefficient (Wildman–Crippen LogP) is 4.72. The Morgan fingerprint density at radius 1 is 1.08 bits per heavy atom. The highest BCUT2D eigenvalue weighted by atomic mass is 35.5. The molecule has 2 N–H and O–H groups in total. The summed E-state index contributed by atoms with van der Waals surface area (Å²) in [5.74, 6) is 0.472. The lowest BCUT2D eigenvalue weighted by atomic mass is 10.2. The van der Waals surface area contributed by atoms with Crippen molar-refractivity contribution >= 4 is 29.0 Å². The highest BCUT2D eigenvalue weighted by molar-refractivity contribution is 6.30. The van der Waals surface area contributed by atoms with Gasteiger partial charge in [-0.1, -0.05) is 41.9 Å². The normalized spacial score (nSPS) is 10.3. The van der Waals surface area contributed by atoms with Crippen LogP contribution in [0, 0.1) is 6.92 Å². The van der Waals surface area contributed by atoms with Gasteiger partial charge in [0.05, 0.1) is 0 Å². The molecule has 4 nitrogen and oxygen atoms in total. The topological polar surface area (TPSA) is 54.0 Å². The van der Waals surface area contributed by atoms with E-state index in [1.165, 1.54) is 0 Å². The molecule has 0 aliphatic carbocycles. The molecule has 0 saturated carbocycles.